The molecular formula is C17H18BrNO. The molecule has 0 saturated carbocycles. The molecule has 2 aromatic rings. The van der Waals surface area contributed by atoms with Gasteiger partial charge in [0.2, 0.25) is 0 Å². The minimum Gasteiger partial charge on any atom is -0.322 e. The van der Waals surface area contributed by atoms with Crippen LogP contribution < -0.4 is 5.32 Å². The second kappa shape index (κ2) is 6.71. The molecule has 0 aromatic heterocycles. The highest BCUT2D eigenvalue weighted by Crippen LogP contribution is 2.20. The van der Waals surface area contributed by atoms with E-state index in [1.54, 1.807) is 0 Å². The molecular weight excluding hydrogens is 314 g/mol. The molecule has 0 aliphatic carbocycles. The van der Waals surface area contributed by atoms with Crippen LogP contribution in [-0.4, -0.2) is 5.91 Å². The molecule has 2 aromatic carbocycles. The Balaban J connectivity index is 2.13. The van der Waals surface area contributed by atoms with Gasteiger partial charge in [-0.15, -0.1) is 0 Å². The molecule has 0 aliphatic rings. The molecule has 1 N–H and O–H groups in total. The fourth-order valence-electron chi connectivity index (χ4n) is 2.10. The molecule has 2 nitrogen and oxygen atoms in total. The van der Waals surface area contributed by atoms with Crippen LogP contribution in [0.3, 0.4) is 0 Å². The Morgan fingerprint density at radius 3 is 2.50 bits per heavy atom. The molecule has 0 unspecified atom stereocenters. The topological polar surface area (TPSA) is 29.1 Å². The third-order valence-corrected chi connectivity index (χ3v) is 4.12. The Morgan fingerprint density at radius 1 is 1.15 bits per heavy atom. The standard InChI is InChI=1S/C17H18BrNO/c1-3-5-13-8-10-14(11-9-13)19-17(20)15-6-4-7-16(18)12(15)2/h4,6-11H,3,5H2,1-2H3,(H,19,20). The van der Waals surface area contributed by atoms with Crippen LogP contribution in [0.2, 0.25) is 0 Å². The van der Waals surface area contributed by atoms with Gasteiger partial charge >= 0.3 is 0 Å². The number of carbonyl (C=O) groups is 1. The lowest BCUT2D eigenvalue weighted by molar-refractivity contribution is 0.102. The lowest BCUT2D eigenvalue weighted by Crippen LogP contribution is -2.13. The highest BCUT2D eigenvalue weighted by molar-refractivity contribution is 9.10. The molecule has 0 radical (unpaired) electrons. The second-order valence-corrected chi connectivity index (χ2v) is 5.67. The zero-order valence-electron chi connectivity index (χ0n) is 11.7. The van der Waals surface area contributed by atoms with Crippen LogP contribution in [0.4, 0.5) is 5.69 Å². The van der Waals surface area contributed by atoms with E-state index in [0.717, 1.165) is 28.6 Å². The zero-order valence-corrected chi connectivity index (χ0v) is 13.3. The van der Waals surface area contributed by atoms with E-state index in [1.807, 2.05) is 37.3 Å². The van der Waals surface area contributed by atoms with Crippen molar-refractivity contribution in [1.29, 1.82) is 0 Å². The quantitative estimate of drug-likeness (QED) is 0.842. The molecule has 104 valence electrons. The fourth-order valence-corrected chi connectivity index (χ4v) is 2.46. The summed E-state index contributed by atoms with van der Waals surface area (Å²) >= 11 is 3.45. The number of hydrogen-bond donors (Lipinski definition) is 1. The number of nitrogens with one attached hydrogen (secondary N) is 1. The van der Waals surface area contributed by atoms with E-state index < -0.39 is 0 Å². The highest BCUT2D eigenvalue weighted by atomic mass is 79.9. The molecule has 3 heteroatoms. The van der Waals surface area contributed by atoms with E-state index in [2.05, 4.69) is 40.3 Å². The lowest BCUT2D eigenvalue weighted by Gasteiger charge is -2.09. The van der Waals surface area contributed by atoms with Crippen LogP contribution in [0, 0.1) is 6.92 Å². The number of aryl methyl sites for hydroxylation is 1. The van der Waals surface area contributed by atoms with Crippen molar-refractivity contribution in [3.63, 3.8) is 0 Å². The van der Waals surface area contributed by atoms with Crippen molar-refractivity contribution in [3.8, 4) is 0 Å². The van der Waals surface area contributed by atoms with Gasteiger partial charge in [-0.25, -0.2) is 0 Å². The van der Waals surface area contributed by atoms with Crippen molar-refractivity contribution in [2.75, 3.05) is 5.32 Å². The van der Waals surface area contributed by atoms with Gasteiger partial charge in [0.25, 0.3) is 5.91 Å². The van der Waals surface area contributed by atoms with Gasteiger partial charge in [0.15, 0.2) is 0 Å². The average Bonchev–Trinajstić information content (AvgIpc) is 2.44. The second-order valence-electron chi connectivity index (χ2n) is 4.81. The van der Waals surface area contributed by atoms with Crippen molar-refractivity contribution in [2.24, 2.45) is 0 Å². The molecule has 0 bridgehead atoms. The molecule has 0 aliphatic heterocycles. The molecule has 0 spiro atoms. The number of carbonyl (C=O) groups excluding carboxylic acids is 1. The maximum Gasteiger partial charge on any atom is 0.255 e. The lowest BCUT2D eigenvalue weighted by atomic mass is 10.1. The van der Waals surface area contributed by atoms with Crippen LogP contribution in [0.25, 0.3) is 0 Å². The molecule has 1 amide bonds. The largest absolute Gasteiger partial charge is 0.322 e. The Hall–Kier alpha value is -1.61. The van der Waals surface area contributed by atoms with Gasteiger partial charge in [-0.1, -0.05) is 47.5 Å². The van der Waals surface area contributed by atoms with Gasteiger partial charge in [-0.3, -0.25) is 4.79 Å². The first-order valence-electron chi connectivity index (χ1n) is 6.77. The van der Waals surface area contributed by atoms with Gasteiger partial charge in [-0.2, -0.15) is 0 Å². The van der Waals surface area contributed by atoms with Gasteiger partial charge in [0.05, 0.1) is 0 Å². The summed E-state index contributed by atoms with van der Waals surface area (Å²) in [6, 6.07) is 13.7. The number of rotatable bonds is 4. The Bertz CT molecular complexity index is 605. The number of halogens is 1. The summed E-state index contributed by atoms with van der Waals surface area (Å²) in [6.07, 6.45) is 2.20. The first kappa shape index (κ1) is 14.8. The van der Waals surface area contributed by atoms with Crippen LogP contribution in [0.1, 0.15) is 34.8 Å². The normalized spacial score (nSPS) is 10.3. The highest BCUT2D eigenvalue weighted by Gasteiger charge is 2.10. The van der Waals surface area contributed by atoms with Crippen LogP contribution in [0.15, 0.2) is 46.9 Å². The molecule has 0 atom stereocenters. The van der Waals surface area contributed by atoms with E-state index in [9.17, 15) is 4.79 Å². The first-order valence-corrected chi connectivity index (χ1v) is 7.56. The van der Waals surface area contributed by atoms with Crippen LogP contribution >= 0.6 is 15.9 Å². The third-order valence-electron chi connectivity index (χ3n) is 3.26. The smallest absolute Gasteiger partial charge is 0.255 e. The van der Waals surface area contributed by atoms with Gasteiger partial charge in [-0.05, 0) is 48.7 Å². The maximum absolute atomic E-state index is 12.3. The molecule has 20 heavy (non-hydrogen) atoms. The summed E-state index contributed by atoms with van der Waals surface area (Å²) in [5.74, 6) is -0.0768. The maximum atomic E-state index is 12.3. The van der Waals surface area contributed by atoms with E-state index in [1.165, 1.54) is 5.56 Å². The first-order chi connectivity index (χ1) is 9.61. The van der Waals surface area contributed by atoms with Crippen molar-refractivity contribution < 1.29 is 4.79 Å². The number of amides is 1. The third kappa shape index (κ3) is 3.48. The zero-order chi connectivity index (χ0) is 14.5. The number of anilines is 1. The predicted octanol–water partition coefficient (Wildman–Crippen LogP) is 4.96. The van der Waals surface area contributed by atoms with Gasteiger partial charge < -0.3 is 5.32 Å². The van der Waals surface area contributed by atoms with E-state index in [0.29, 0.717) is 5.56 Å². The summed E-state index contributed by atoms with van der Waals surface area (Å²) in [7, 11) is 0. The Kier molecular flexibility index (Phi) is 4.96. The predicted molar refractivity (Wildman–Crippen MR) is 87.3 cm³/mol. The summed E-state index contributed by atoms with van der Waals surface area (Å²) in [6.45, 7) is 4.09. The summed E-state index contributed by atoms with van der Waals surface area (Å²) in [5.41, 5.74) is 3.77. The van der Waals surface area contributed by atoms with Crippen LogP contribution in [-0.2, 0) is 6.42 Å². The summed E-state index contributed by atoms with van der Waals surface area (Å²) < 4.78 is 0.948. The number of hydrogen-bond acceptors (Lipinski definition) is 1. The summed E-state index contributed by atoms with van der Waals surface area (Å²) in [5, 5.41) is 2.94. The molecule has 2 rings (SSSR count). The monoisotopic (exact) mass is 331 g/mol. The SMILES string of the molecule is CCCc1ccc(NC(=O)c2cccc(Br)c2C)cc1. The minimum atomic E-state index is -0.0768. The average molecular weight is 332 g/mol. The summed E-state index contributed by atoms with van der Waals surface area (Å²) in [4.78, 5) is 12.3. The Morgan fingerprint density at radius 2 is 1.85 bits per heavy atom. The van der Waals surface area contributed by atoms with Crippen molar-refractivity contribution >= 4 is 27.5 Å². The van der Waals surface area contributed by atoms with E-state index in [4.69, 9.17) is 0 Å². The van der Waals surface area contributed by atoms with Crippen molar-refractivity contribution in [2.45, 2.75) is 26.7 Å². The van der Waals surface area contributed by atoms with Crippen LogP contribution in [0.5, 0.6) is 0 Å². The van der Waals surface area contributed by atoms with Gasteiger partial charge in [0, 0.05) is 15.7 Å². The Labute approximate surface area is 128 Å². The molecule has 0 fully saturated rings. The number of benzene rings is 2. The van der Waals surface area contributed by atoms with Crippen molar-refractivity contribution in [1.82, 2.24) is 0 Å². The van der Waals surface area contributed by atoms with E-state index >= 15 is 0 Å². The minimum absolute atomic E-state index is 0.0768. The van der Waals surface area contributed by atoms with E-state index in [-0.39, 0.29) is 5.91 Å². The fraction of sp³-hybridized carbons (Fsp3) is 0.235. The molecule has 0 heterocycles. The van der Waals surface area contributed by atoms with Crippen molar-refractivity contribution in [3.05, 3.63) is 63.6 Å². The molecule has 0 saturated heterocycles. The van der Waals surface area contributed by atoms with Gasteiger partial charge in [0.1, 0.15) is 0 Å².